The molecule has 1 aliphatic rings. The third-order valence-electron chi connectivity index (χ3n) is 7.07. The predicted octanol–water partition coefficient (Wildman–Crippen LogP) is 5.44. The number of hydrogen-bond acceptors (Lipinski definition) is 8. The van der Waals surface area contributed by atoms with Gasteiger partial charge in [-0.2, -0.15) is 4.98 Å². The van der Waals surface area contributed by atoms with Crippen molar-refractivity contribution in [2.24, 2.45) is 0 Å². The third-order valence-corrected chi connectivity index (χ3v) is 7.07. The molecule has 0 saturated carbocycles. The van der Waals surface area contributed by atoms with Crippen LogP contribution in [-0.2, 0) is 0 Å². The number of hydrogen-bond donors (Lipinski definition) is 1. The van der Waals surface area contributed by atoms with Gasteiger partial charge in [0.15, 0.2) is 0 Å². The Morgan fingerprint density at radius 1 is 1.06 bits per heavy atom. The number of rotatable bonds is 12. The van der Waals surface area contributed by atoms with Gasteiger partial charge < -0.3 is 20.0 Å². The Hall–Kier alpha value is -3.00. The predicted molar refractivity (Wildman–Crippen MR) is 151 cm³/mol. The summed E-state index contributed by atoms with van der Waals surface area (Å²) in [4.78, 5) is 25.9. The van der Waals surface area contributed by atoms with Crippen molar-refractivity contribution in [2.75, 3.05) is 55.4 Å². The molecule has 1 atom stereocenters. The van der Waals surface area contributed by atoms with Crippen molar-refractivity contribution in [3.63, 3.8) is 0 Å². The summed E-state index contributed by atoms with van der Waals surface area (Å²) < 4.78 is 0. The van der Waals surface area contributed by atoms with Crippen LogP contribution in [0.5, 0.6) is 0 Å². The molecule has 0 bridgehead atoms. The highest BCUT2D eigenvalue weighted by Crippen LogP contribution is 2.36. The Bertz CT molecular complexity index is 1150. The van der Waals surface area contributed by atoms with Gasteiger partial charge in [0.1, 0.15) is 17.5 Å². The lowest BCUT2D eigenvalue weighted by Gasteiger charge is -2.43. The van der Waals surface area contributed by atoms with Crippen LogP contribution in [0, 0.1) is 0 Å². The minimum absolute atomic E-state index is 0.368. The van der Waals surface area contributed by atoms with E-state index >= 15 is 0 Å². The normalized spacial score (nSPS) is 15.6. The molecule has 1 saturated heterocycles. The fourth-order valence-electron chi connectivity index (χ4n) is 4.78. The lowest BCUT2D eigenvalue weighted by atomic mass is 9.96. The number of fused-ring (bicyclic) bond motifs is 1. The van der Waals surface area contributed by atoms with Crippen molar-refractivity contribution in [3.8, 4) is 0 Å². The van der Waals surface area contributed by atoms with Crippen molar-refractivity contribution in [1.82, 2.24) is 24.8 Å². The lowest BCUT2D eigenvalue weighted by Crippen LogP contribution is -2.49. The minimum atomic E-state index is 0.368. The van der Waals surface area contributed by atoms with Crippen molar-refractivity contribution < 1.29 is 0 Å². The Morgan fingerprint density at radius 2 is 1.89 bits per heavy atom. The Kier molecular flexibility index (Phi) is 8.56. The molecule has 0 aliphatic carbocycles. The second kappa shape index (κ2) is 11.8. The third kappa shape index (κ3) is 5.86. The Balaban J connectivity index is 1.62. The van der Waals surface area contributed by atoms with E-state index in [9.17, 15) is 0 Å². The molecule has 1 aliphatic heterocycles. The summed E-state index contributed by atoms with van der Waals surface area (Å²) in [7, 11) is 4.27. The summed E-state index contributed by atoms with van der Waals surface area (Å²) in [5.41, 5.74) is 1.24. The molecule has 1 N–H and O–H groups in total. The van der Waals surface area contributed by atoms with Crippen LogP contribution in [-0.4, -0.2) is 71.2 Å². The molecular weight excluding hydrogens is 448 g/mol. The lowest BCUT2D eigenvalue weighted by molar-refractivity contribution is 0.336. The van der Waals surface area contributed by atoms with Gasteiger partial charge in [0.05, 0.1) is 0 Å². The monoisotopic (exact) mass is 490 g/mol. The second-order valence-electron chi connectivity index (χ2n) is 10.3. The Morgan fingerprint density at radius 3 is 2.56 bits per heavy atom. The quantitative estimate of drug-likeness (QED) is 0.360. The van der Waals surface area contributed by atoms with Crippen molar-refractivity contribution in [3.05, 3.63) is 36.3 Å². The fraction of sp³-hybridized carbons (Fsp3) is 0.571. The second-order valence-corrected chi connectivity index (χ2v) is 10.3. The summed E-state index contributed by atoms with van der Waals surface area (Å²) in [5, 5.41) is 5.76. The first-order chi connectivity index (χ1) is 17.4. The van der Waals surface area contributed by atoms with Gasteiger partial charge in [-0.05, 0) is 75.8 Å². The van der Waals surface area contributed by atoms with Crippen LogP contribution < -0.4 is 15.1 Å². The number of aromatic nitrogens is 4. The Labute approximate surface area is 216 Å². The number of nitrogens with one attached hydrogen (secondary N) is 1. The summed E-state index contributed by atoms with van der Waals surface area (Å²) >= 11 is 0. The maximum Gasteiger partial charge on any atom is 0.227 e. The first-order valence-electron chi connectivity index (χ1n) is 13.5. The summed E-state index contributed by atoms with van der Waals surface area (Å²) in [6, 6.07) is 4.60. The molecule has 0 aromatic carbocycles. The van der Waals surface area contributed by atoms with Gasteiger partial charge in [0, 0.05) is 49.7 Å². The van der Waals surface area contributed by atoms with E-state index in [1.54, 1.807) is 0 Å². The average Bonchev–Trinajstić information content (AvgIpc) is 2.84. The molecule has 4 heterocycles. The van der Waals surface area contributed by atoms with Crippen LogP contribution in [0.15, 0.2) is 30.7 Å². The zero-order chi connectivity index (χ0) is 25.7. The molecule has 4 rings (SSSR count). The van der Waals surface area contributed by atoms with Gasteiger partial charge in [-0.25, -0.2) is 15.0 Å². The molecule has 36 heavy (non-hydrogen) atoms. The average molecular weight is 491 g/mol. The van der Waals surface area contributed by atoms with Crippen LogP contribution in [0.4, 0.5) is 23.4 Å². The van der Waals surface area contributed by atoms with Gasteiger partial charge in [-0.15, -0.1) is 0 Å². The highest BCUT2D eigenvalue weighted by molar-refractivity contribution is 5.96. The molecule has 1 unspecified atom stereocenters. The zero-order valence-corrected chi connectivity index (χ0v) is 22.8. The minimum Gasteiger partial charge on any atom is -0.353 e. The molecule has 0 amide bonds. The summed E-state index contributed by atoms with van der Waals surface area (Å²) in [6.07, 6.45) is 10.5. The van der Waals surface area contributed by atoms with E-state index < -0.39 is 0 Å². The molecule has 0 spiro atoms. The van der Waals surface area contributed by atoms with Gasteiger partial charge in [0.2, 0.25) is 5.95 Å². The SMILES string of the molecule is CCCCN(CC)c1nccc(Nc2cc3c(C(C)C)cnc(N4CCC4CCN(C)C)c3cn2)n1. The molecule has 3 aromatic rings. The highest BCUT2D eigenvalue weighted by Gasteiger charge is 2.30. The van der Waals surface area contributed by atoms with E-state index in [1.165, 1.54) is 17.4 Å². The zero-order valence-electron chi connectivity index (χ0n) is 22.8. The van der Waals surface area contributed by atoms with Gasteiger partial charge in [-0.3, -0.25) is 0 Å². The van der Waals surface area contributed by atoms with Crippen LogP contribution in [0.25, 0.3) is 10.8 Å². The maximum absolute atomic E-state index is 4.93. The van der Waals surface area contributed by atoms with E-state index in [4.69, 9.17) is 15.0 Å². The molecule has 8 heteroatoms. The number of anilines is 4. The standard InChI is InChI=1S/C28H42N8/c1-7-9-14-35(8-2)28-29-13-10-25(33-28)32-26-17-22-23(20(3)4)18-31-27(24(22)19-30-26)36-16-12-21(36)11-15-34(5)6/h10,13,17-21H,7-9,11-12,14-16H2,1-6H3,(H,29,30,32,33). The number of pyridine rings is 2. The molecular formula is C28H42N8. The first kappa shape index (κ1) is 26.1. The van der Waals surface area contributed by atoms with E-state index in [0.29, 0.717) is 12.0 Å². The van der Waals surface area contributed by atoms with Crippen LogP contribution in [0.2, 0.25) is 0 Å². The van der Waals surface area contributed by atoms with Gasteiger partial charge in [0.25, 0.3) is 0 Å². The molecule has 3 aromatic heterocycles. The topological polar surface area (TPSA) is 73.3 Å². The first-order valence-corrected chi connectivity index (χ1v) is 13.5. The van der Waals surface area contributed by atoms with Crippen molar-refractivity contribution >= 4 is 34.2 Å². The van der Waals surface area contributed by atoms with E-state index in [2.05, 4.69) is 79.1 Å². The fourth-order valence-corrected chi connectivity index (χ4v) is 4.78. The van der Waals surface area contributed by atoms with Crippen LogP contribution in [0.3, 0.4) is 0 Å². The van der Waals surface area contributed by atoms with Gasteiger partial charge in [-0.1, -0.05) is 27.2 Å². The number of nitrogens with zero attached hydrogens (tertiary/aromatic N) is 7. The summed E-state index contributed by atoms with van der Waals surface area (Å²) in [5.74, 6) is 3.73. The number of unbranched alkanes of at least 4 members (excludes halogenated alkanes) is 1. The van der Waals surface area contributed by atoms with E-state index in [1.807, 2.05) is 18.5 Å². The van der Waals surface area contributed by atoms with Crippen LogP contribution in [0.1, 0.15) is 64.9 Å². The molecule has 0 radical (unpaired) electrons. The largest absolute Gasteiger partial charge is 0.353 e. The van der Waals surface area contributed by atoms with E-state index in [-0.39, 0.29) is 0 Å². The summed E-state index contributed by atoms with van der Waals surface area (Å²) in [6.45, 7) is 12.8. The van der Waals surface area contributed by atoms with Crippen molar-refractivity contribution in [1.29, 1.82) is 0 Å². The molecule has 8 nitrogen and oxygen atoms in total. The molecule has 194 valence electrons. The smallest absolute Gasteiger partial charge is 0.227 e. The highest BCUT2D eigenvalue weighted by atomic mass is 15.3. The van der Waals surface area contributed by atoms with Crippen LogP contribution >= 0.6 is 0 Å². The van der Waals surface area contributed by atoms with Gasteiger partial charge >= 0.3 is 0 Å². The maximum atomic E-state index is 4.93. The van der Waals surface area contributed by atoms with Crippen molar-refractivity contribution in [2.45, 2.75) is 65.3 Å². The molecule has 1 fully saturated rings. The van der Waals surface area contributed by atoms with E-state index in [0.717, 1.165) is 74.2 Å².